The van der Waals surface area contributed by atoms with E-state index in [0.29, 0.717) is 13.2 Å². The van der Waals surface area contributed by atoms with E-state index in [1.54, 1.807) is 20.8 Å². The molecule has 0 radical (unpaired) electrons. The summed E-state index contributed by atoms with van der Waals surface area (Å²) in [5.41, 5.74) is -0.584. The normalized spacial score (nSPS) is 21.4. The van der Waals surface area contributed by atoms with Gasteiger partial charge in [0.1, 0.15) is 11.6 Å². The van der Waals surface area contributed by atoms with Crippen LogP contribution in [0.3, 0.4) is 0 Å². The lowest BCUT2D eigenvalue weighted by molar-refractivity contribution is -0.163. The summed E-state index contributed by atoms with van der Waals surface area (Å²) < 4.78 is 15.8. The maximum atomic E-state index is 12.1. The highest BCUT2D eigenvalue weighted by molar-refractivity contribution is 5.87. The van der Waals surface area contributed by atoms with Gasteiger partial charge < -0.3 is 19.5 Å². The average molecular weight is 287 g/mol. The number of amides is 1. The lowest BCUT2D eigenvalue weighted by Gasteiger charge is -2.28. The molecular weight excluding hydrogens is 262 g/mol. The van der Waals surface area contributed by atoms with Crippen molar-refractivity contribution in [3.05, 3.63) is 0 Å². The second kappa shape index (κ2) is 7.04. The van der Waals surface area contributed by atoms with E-state index in [-0.39, 0.29) is 18.4 Å². The van der Waals surface area contributed by atoms with Crippen molar-refractivity contribution in [2.24, 2.45) is 5.92 Å². The summed E-state index contributed by atoms with van der Waals surface area (Å²) >= 11 is 0. The first-order valence-corrected chi connectivity index (χ1v) is 6.93. The quantitative estimate of drug-likeness (QED) is 0.777. The molecule has 1 aliphatic rings. The van der Waals surface area contributed by atoms with E-state index < -0.39 is 23.7 Å². The molecule has 6 nitrogen and oxygen atoms in total. The van der Waals surface area contributed by atoms with Crippen LogP contribution in [0.1, 0.15) is 34.6 Å². The Bertz CT molecular complexity index is 342. The van der Waals surface area contributed by atoms with Crippen LogP contribution < -0.4 is 5.32 Å². The molecule has 1 unspecified atom stereocenters. The Morgan fingerprint density at radius 1 is 1.25 bits per heavy atom. The van der Waals surface area contributed by atoms with Crippen molar-refractivity contribution in [1.29, 1.82) is 0 Å². The van der Waals surface area contributed by atoms with Crippen LogP contribution in [0, 0.1) is 5.92 Å². The Morgan fingerprint density at radius 2 is 1.90 bits per heavy atom. The lowest BCUT2D eigenvalue weighted by Crippen LogP contribution is -2.52. The van der Waals surface area contributed by atoms with Crippen molar-refractivity contribution in [3.8, 4) is 0 Å². The van der Waals surface area contributed by atoms with Crippen LogP contribution in [0.2, 0.25) is 0 Å². The topological polar surface area (TPSA) is 73.9 Å². The van der Waals surface area contributed by atoms with Crippen LogP contribution in [0.5, 0.6) is 0 Å². The number of nitrogens with one attached hydrogen (secondary N) is 1. The monoisotopic (exact) mass is 287 g/mol. The fourth-order valence-corrected chi connectivity index (χ4v) is 1.75. The number of carbonyl (C=O) groups is 2. The molecule has 0 spiro atoms. The summed E-state index contributed by atoms with van der Waals surface area (Å²) in [4.78, 5) is 24.2. The molecule has 6 heteroatoms. The van der Waals surface area contributed by atoms with Gasteiger partial charge in [-0.15, -0.1) is 0 Å². The molecule has 20 heavy (non-hydrogen) atoms. The van der Waals surface area contributed by atoms with Crippen LogP contribution in [-0.2, 0) is 23.8 Å². The van der Waals surface area contributed by atoms with Gasteiger partial charge in [-0.2, -0.15) is 0 Å². The number of hydrogen-bond acceptors (Lipinski definition) is 5. The largest absolute Gasteiger partial charge is 0.458 e. The minimum absolute atomic E-state index is 0.0710. The van der Waals surface area contributed by atoms with Gasteiger partial charge >= 0.3 is 5.97 Å². The van der Waals surface area contributed by atoms with Crippen molar-refractivity contribution in [1.82, 2.24) is 5.32 Å². The van der Waals surface area contributed by atoms with E-state index in [4.69, 9.17) is 14.2 Å². The highest BCUT2D eigenvalue weighted by Crippen LogP contribution is 2.13. The fraction of sp³-hybridized carbons (Fsp3) is 0.857. The second-order valence-corrected chi connectivity index (χ2v) is 6.20. The Kier molecular flexibility index (Phi) is 5.95. The van der Waals surface area contributed by atoms with Gasteiger partial charge in [0.25, 0.3) is 5.91 Å². The van der Waals surface area contributed by atoms with Gasteiger partial charge in [-0.25, -0.2) is 4.79 Å². The summed E-state index contributed by atoms with van der Waals surface area (Å²) in [7, 11) is 0. The highest BCUT2D eigenvalue weighted by atomic mass is 16.6. The number of hydrogen-bond donors (Lipinski definition) is 1. The Balaban J connectivity index is 2.62. The maximum absolute atomic E-state index is 12.1. The van der Waals surface area contributed by atoms with Gasteiger partial charge in [-0.3, -0.25) is 4.79 Å². The molecule has 1 saturated heterocycles. The fourth-order valence-electron chi connectivity index (χ4n) is 1.75. The predicted molar refractivity (Wildman–Crippen MR) is 73.2 cm³/mol. The third-order valence-electron chi connectivity index (χ3n) is 2.73. The second-order valence-electron chi connectivity index (χ2n) is 6.20. The van der Waals surface area contributed by atoms with Crippen molar-refractivity contribution in [2.75, 3.05) is 19.8 Å². The molecule has 0 saturated carbocycles. The molecule has 1 heterocycles. The van der Waals surface area contributed by atoms with Gasteiger partial charge in [0, 0.05) is 0 Å². The van der Waals surface area contributed by atoms with Gasteiger partial charge in [-0.1, -0.05) is 13.8 Å². The van der Waals surface area contributed by atoms with E-state index in [2.05, 4.69) is 5.32 Å². The number of carbonyl (C=O) groups excluding carboxylic acids is 2. The summed E-state index contributed by atoms with van der Waals surface area (Å²) in [6.07, 6.45) is -0.660. The first kappa shape index (κ1) is 16.9. The summed E-state index contributed by atoms with van der Waals surface area (Å²) in [5, 5.41) is 2.69. The molecule has 0 bridgehead atoms. The van der Waals surface area contributed by atoms with Crippen molar-refractivity contribution >= 4 is 11.9 Å². The SMILES string of the molecule is CC(C)[C@@H](NC(=O)C1COCCO1)C(=O)OC(C)(C)C. The van der Waals surface area contributed by atoms with Crippen LogP contribution in [0.4, 0.5) is 0 Å². The molecule has 2 atom stereocenters. The summed E-state index contributed by atoms with van der Waals surface area (Å²) in [6.45, 7) is 10.2. The van der Waals surface area contributed by atoms with Crippen LogP contribution in [-0.4, -0.2) is 49.4 Å². The smallest absolute Gasteiger partial charge is 0.329 e. The molecule has 0 aromatic heterocycles. The number of esters is 1. The zero-order valence-corrected chi connectivity index (χ0v) is 12.9. The van der Waals surface area contributed by atoms with Gasteiger partial charge in [-0.05, 0) is 26.7 Å². The maximum Gasteiger partial charge on any atom is 0.329 e. The van der Waals surface area contributed by atoms with E-state index in [1.807, 2.05) is 13.8 Å². The van der Waals surface area contributed by atoms with Crippen LogP contribution >= 0.6 is 0 Å². The van der Waals surface area contributed by atoms with Crippen molar-refractivity contribution in [2.45, 2.75) is 52.4 Å². The van der Waals surface area contributed by atoms with Crippen LogP contribution in [0.15, 0.2) is 0 Å². The van der Waals surface area contributed by atoms with E-state index in [0.717, 1.165) is 0 Å². The molecule has 1 N–H and O–H groups in total. The standard InChI is InChI=1S/C14H25NO5/c1-9(2)11(13(17)20-14(3,4)5)15-12(16)10-8-18-6-7-19-10/h9-11H,6-8H2,1-5H3,(H,15,16)/t10?,11-/m1/s1. The molecule has 1 fully saturated rings. The van der Waals surface area contributed by atoms with Gasteiger partial charge in [0.2, 0.25) is 0 Å². The first-order valence-electron chi connectivity index (χ1n) is 6.93. The lowest BCUT2D eigenvalue weighted by atomic mass is 10.0. The van der Waals surface area contributed by atoms with Gasteiger partial charge in [0.05, 0.1) is 19.8 Å². The van der Waals surface area contributed by atoms with E-state index in [1.165, 1.54) is 0 Å². The Labute approximate surface area is 120 Å². The Hall–Kier alpha value is -1.14. The first-order chi connectivity index (χ1) is 9.20. The van der Waals surface area contributed by atoms with E-state index in [9.17, 15) is 9.59 Å². The van der Waals surface area contributed by atoms with E-state index >= 15 is 0 Å². The molecule has 1 amide bonds. The third-order valence-corrected chi connectivity index (χ3v) is 2.73. The summed E-state index contributed by atoms with van der Waals surface area (Å²) in [5.74, 6) is -0.842. The van der Waals surface area contributed by atoms with Gasteiger partial charge in [0.15, 0.2) is 6.10 Å². The van der Waals surface area contributed by atoms with Crippen LogP contribution in [0.25, 0.3) is 0 Å². The highest BCUT2D eigenvalue weighted by Gasteiger charge is 2.32. The zero-order chi connectivity index (χ0) is 15.3. The number of rotatable bonds is 4. The zero-order valence-electron chi connectivity index (χ0n) is 12.9. The molecule has 116 valence electrons. The predicted octanol–water partition coefficient (Wildman–Crippen LogP) is 0.884. The van der Waals surface area contributed by atoms with Crippen molar-refractivity contribution in [3.63, 3.8) is 0 Å². The summed E-state index contributed by atoms with van der Waals surface area (Å²) in [6, 6.07) is -0.688. The molecular formula is C14H25NO5. The Morgan fingerprint density at radius 3 is 2.35 bits per heavy atom. The molecule has 0 aromatic rings. The third kappa shape index (κ3) is 5.46. The molecule has 0 aromatic carbocycles. The van der Waals surface area contributed by atoms with Crippen molar-refractivity contribution < 1.29 is 23.8 Å². The minimum atomic E-state index is -0.688. The molecule has 1 aliphatic heterocycles. The number of ether oxygens (including phenoxy) is 3. The molecule has 1 rings (SSSR count). The average Bonchev–Trinajstić information content (AvgIpc) is 2.34. The minimum Gasteiger partial charge on any atom is -0.458 e. The molecule has 0 aliphatic carbocycles.